The van der Waals surface area contributed by atoms with Crippen molar-refractivity contribution in [3.8, 4) is 0 Å². The van der Waals surface area contributed by atoms with Crippen molar-refractivity contribution >= 4 is 27.3 Å². The molecule has 21 heavy (non-hydrogen) atoms. The number of nitrogens with one attached hydrogen (secondary N) is 1. The maximum atomic E-state index is 12.1. The number of aliphatic hydroxyl groups excluding tert-OH is 1. The molecule has 0 radical (unpaired) electrons. The number of ether oxygens (including phenoxy) is 1. The summed E-state index contributed by atoms with van der Waals surface area (Å²) >= 11 is 0.821. The molecule has 7 nitrogen and oxygen atoms in total. The van der Waals surface area contributed by atoms with Crippen LogP contribution in [0.15, 0.2) is 9.72 Å². The number of hydrogen-bond acceptors (Lipinski definition) is 7. The van der Waals surface area contributed by atoms with E-state index in [0.29, 0.717) is 6.42 Å². The standard InChI is InChI=1S/C12H20N2O5S2/c1-12(2,3)5-8(15)6-14-21(17,18)11-9(10(16)19-4)13-7-20-11/h7-8,14-15H,5-6H2,1-4H3. The van der Waals surface area contributed by atoms with Crippen molar-refractivity contribution < 1.29 is 23.1 Å². The highest BCUT2D eigenvalue weighted by Crippen LogP contribution is 2.22. The fraction of sp³-hybridized carbons (Fsp3) is 0.667. The first-order valence-electron chi connectivity index (χ1n) is 6.26. The van der Waals surface area contributed by atoms with Crippen LogP contribution in [0.5, 0.6) is 0 Å². The minimum Gasteiger partial charge on any atom is -0.464 e. The van der Waals surface area contributed by atoms with E-state index in [2.05, 4.69) is 14.4 Å². The second kappa shape index (κ2) is 6.82. The molecule has 0 saturated carbocycles. The Morgan fingerprint density at radius 2 is 2.14 bits per heavy atom. The molecule has 9 heteroatoms. The van der Waals surface area contributed by atoms with Crippen LogP contribution in [0, 0.1) is 5.41 Å². The molecule has 0 spiro atoms. The van der Waals surface area contributed by atoms with Crippen molar-refractivity contribution in [2.45, 2.75) is 37.5 Å². The maximum absolute atomic E-state index is 12.1. The number of methoxy groups -OCH3 is 1. The van der Waals surface area contributed by atoms with Gasteiger partial charge in [-0.05, 0) is 11.8 Å². The van der Waals surface area contributed by atoms with Crippen LogP contribution in [-0.2, 0) is 14.8 Å². The number of esters is 1. The van der Waals surface area contributed by atoms with Crippen molar-refractivity contribution in [2.75, 3.05) is 13.7 Å². The van der Waals surface area contributed by atoms with Gasteiger partial charge in [0.1, 0.15) is 0 Å². The molecule has 2 N–H and O–H groups in total. The summed E-state index contributed by atoms with van der Waals surface area (Å²) < 4.78 is 30.9. The predicted molar refractivity (Wildman–Crippen MR) is 78.7 cm³/mol. The highest BCUT2D eigenvalue weighted by molar-refractivity contribution is 7.91. The average molecular weight is 336 g/mol. The van der Waals surface area contributed by atoms with E-state index in [9.17, 15) is 18.3 Å². The smallest absolute Gasteiger partial charge is 0.358 e. The van der Waals surface area contributed by atoms with E-state index in [1.165, 1.54) is 5.51 Å². The van der Waals surface area contributed by atoms with Crippen LogP contribution in [0.25, 0.3) is 0 Å². The molecule has 0 bridgehead atoms. The molecule has 0 aliphatic rings. The van der Waals surface area contributed by atoms with E-state index in [1.54, 1.807) is 0 Å². The summed E-state index contributed by atoms with van der Waals surface area (Å²) in [5, 5.41) is 9.84. The van der Waals surface area contributed by atoms with Gasteiger partial charge in [0.15, 0.2) is 9.90 Å². The lowest BCUT2D eigenvalue weighted by molar-refractivity contribution is 0.0590. The Morgan fingerprint density at radius 3 is 2.67 bits per heavy atom. The molecular weight excluding hydrogens is 316 g/mol. The first kappa shape index (κ1) is 18.0. The Bertz CT molecular complexity index is 589. The van der Waals surface area contributed by atoms with Gasteiger partial charge in [0.2, 0.25) is 0 Å². The summed E-state index contributed by atoms with van der Waals surface area (Å²) in [4.78, 5) is 15.2. The van der Waals surface area contributed by atoms with Crippen LogP contribution in [0.3, 0.4) is 0 Å². The molecular formula is C12H20N2O5S2. The summed E-state index contributed by atoms with van der Waals surface area (Å²) in [7, 11) is -2.76. The van der Waals surface area contributed by atoms with Crippen LogP contribution in [-0.4, -0.2) is 44.2 Å². The van der Waals surface area contributed by atoms with Crippen LogP contribution >= 0.6 is 11.3 Å². The third-order valence-corrected chi connectivity index (χ3v) is 5.31. The fourth-order valence-corrected chi connectivity index (χ4v) is 3.96. The zero-order valence-corrected chi connectivity index (χ0v) is 14.0. The molecule has 0 aliphatic carbocycles. The Hall–Kier alpha value is -1.03. The third kappa shape index (κ3) is 5.34. The van der Waals surface area contributed by atoms with Gasteiger partial charge in [0.05, 0.1) is 18.7 Å². The predicted octanol–water partition coefficient (Wildman–Crippen LogP) is 1.01. The second-order valence-corrected chi connectivity index (χ2v) is 8.57. The molecule has 0 fully saturated rings. The number of thiazole rings is 1. The molecule has 1 aromatic rings. The van der Waals surface area contributed by atoms with Gasteiger partial charge in [-0.1, -0.05) is 20.8 Å². The molecule has 1 rings (SSSR count). The molecule has 1 aromatic heterocycles. The Balaban J connectivity index is 2.79. The van der Waals surface area contributed by atoms with Crippen LogP contribution < -0.4 is 4.72 Å². The first-order chi connectivity index (χ1) is 9.57. The van der Waals surface area contributed by atoms with Crippen LogP contribution in [0.4, 0.5) is 0 Å². The van der Waals surface area contributed by atoms with Gasteiger partial charge in [0.25, 0.3) is 10.0 Å². The monoisotopic (exact) mass is 336 g/mol. The second-order valence-electron chi connectivity index (χ2n) is 5.75. The number of aromatic nitrogens is 1. The molecule has 1 unspecified atom stereocenters. The highest BCUT2D eigenvalue weighted by Gasteiger charge is 2.27. The minimum absolute atomic E-state index is 0.119. The highest BCUT2D eigenvalue weighted by atomic mass is 32.2. The SMILES string of the molecule is COC(=O)c1ncsc1S(=O)(=O)NCC(O)CC(C)(C)C. The number of carbonyl (C=O) groups excluding carboxylic acids is 1. The van der Waals surface area contributed by atoms with Gasteiger partial charge in [0, 0.05) is 6.54 Å². The van der Waals surface area contributed by atoms with E-state index < -0.39 is 22.1 Å². The van der Waals surface area contributed by atoms with E-state index in [4.69, 9.17) is 0 Å². The molecule has 1 heterocycles. The number of hydrogen-bond donors (Lipinski definition) is 2. The van der Waals surface area contributed by atoms with Crippen LogP contribution in [0.1, 0.15) is 37.7 Å². The van der Waals surface area contributed by atoms with E-state index in [-0.39, 0.29) is 21.9 Å². The molecule has 0 saturated heterocycles. The quantitative estimate of drug-likeness (QED) is 0.751. The van der Waals surface area contributed by atoms with Crippen molar-refractivity contribution in [1.82, 2.24) is 9.71 Å². The van der Waals surface area contributed by atoms with E-state index in [0.717, 1.165) is 18.4 Å². The molecule has 120 valence electrons. The third-order valence-electron chi connectivity index (χ3n) is 2.51. The molecule has 0 aromatic carbocycles. The number of sulfonamides is 1. The molecule has 1 atom stereocenters. The minimum atomic E-state index is -3.91. The average Bonchev–Trinajstić information content (AvgIpc) is 2.83. The van der Waals surface area contributed by atoms with Gasteiger partial charge >= 0.3 is 5.97 Å². The summed E-state index contributed by atoms with van der Waals surface area (Å²) in [6, 6.07) is 0. The molecule has 0 amide bonds. The van der Waals surface area contributed by atoms with Gasteiger partial charge in [-0.2, -0.15) is 0 Å². The Morgan fingerprint density at radius 1 is 1.52 bits per heavy atom. The number of carbonyl (C=O) groups is 1. The van der Waals surface area contributed by atoms with Gasteiger partial charge < -0.3 is 9.84 Å². The zero-order valence-electron chi connectivity index (χ0n) is 12.4. The summed E-state index contributed by atoms with van der Waals surface area (Å²) in [5.41, 5.74) is 0.888. The van der Waals surface area contributed by atoms with Gasteiger partial charge in [-0.3, -0.25) is 0 Å². The summed E-state index contributed by atoms with van der Waals surface area (Å²) in [6.07, 6.45) is -0.364. The molecule has 0 aliphatic heterocycles. The van der Waals surface area contributed by atoms with Gasteiger partial charge in [-0.15, -0.1) is 11.3 Å². The van der Waals surface area contributed by atoms with Crippen molar-refractivity contribution in [1.29, 1.82) is 0 Å². The van der Waals surface area contributed by atoms with Crippen molar-refractivity contribution in [3.05, 3.63) is 11.2 Å². The fourth-order valence-electron chi connectivity index (χ4n) is 1.71. The lowest BCUT2D eigenvalue weighted by Crippen LogP contribution is -2.34. The Labute approximate surface area is 128 Å². The summed E-state index contributed by atoms with van der Waals surface area (Å²) in [6.45, 7) is 5.72. The summed E-state index contributed by atoms with van der Waals surface area (Å²) in [5.74, 6) is -0.813. The number of nitrogens with zero attached hydrogens (tertiary/aromatic N) is 1. The van der Waals surface area contributed by atoms with Crippen molar-refractivity contribution in [3.63, 3.8) is 0 Å². The maximum Gasteiger partial charge on any atom is 0.358 e. The van der Waals surface area contributed by atoms with E-state index >= 15 is 0 Å². The normalized spacial score (nSPS) is 14.0. The first-order valence-corrected chi connectivity index (χ1v) is 8.62. The zero-order chi connectivity index (χ0) is 16.3. The topological polar surface area (TPSA) is 106 Å². The Kier molecular flexibility index (Phi) is 5.85. The van der Waals surface area contributed by atoms with Gasteiger partial charge in [-0.25, -0.2) is 22.9 Å². The van der Waals surface area contributed by atoms with E-state index in [1.807, 2.05) is 20.8 Å². The van der Waals surface area contributed by atoms with Crippen LogP contribution in [0.2, 0.25) is 0 Å². The van der Waals surface area contributed by atoms with Crippen molar-refractivity contribution in [2.24, 2.45) is 5.41 Å². The largest absolute Gasteiger partial charge is 0.464 e. The number of aliphatic hydroxyl groups is 1. The number of rotatable bonds is 6. The lowest BCUT2D eigenvalue weighted by atomic mass is 9.89. The lowest BCUT2D eigenvalue weighted by Gasteiger charge is -2.22.